The van der Waals surface area contributed by atoms with Crippen molar-refractivity contribution in [3.63, 3.8) is 0 Å². The van der Waals surface area contributed by atoms with Gasteiger partial charge in [-0.15, -0.1) is 0 Å². The first-order valence-electron chi connectivity index (χ1n) is 7.22. The molecule has 5 heteroatoms. The predicted octanol–water partition coefficient (Wildman–Crippen LogP) is 3.04. The number of carbonyl (C=O) groups is 1. The maximum atomic E-state index is 11.4. The normalized spacial score (nSPS) is 10.7. The van der Waals surface area contributed by atoms with Gasteiger partial charge in [-0.1, -0.05) is 41.9 Å². The fourth-order valence-electron chi connectivity index (χ4n) is 1.86. The largest absolute Gasteiger partial charge is 0.489 e. The van der Waals surface area contributed by atoms with E-state index in [4.69, 9.17) is 21.4 Å². The van der Waals surface area contributed by atoms with E-state index in [-0.39, 0.29) is 19.1 Å². The van der Waals surface area contributed by atoms with Crippen molar-refractivity contribution >= 4 is 23.6 Å². The number of halogens is 1. The summed E-state index contributed by atoms with van der Waals surface area (Å²) in [5.41, 5.74) is 1.81. The van der Waals surface area contributed by atoms with Gasteiger partial charge in [0, 0.05) is 23.2 Å². The zero-order valence-electron chi connectivity index (χ0n) is 12.5. The first-order chi connectivity index (χ1) is 11.2. The van der Waals surface area contributed by atoms with Crippen LogP contribution in [0, 0.1) is 0 Å². The van der Waals surface area contributed by atoms with Gasteiger partial charge in [-0.3, -0.25) is 4.79 Å². The van der Waals surface area contributed by atoms with Crippen LogP contribution < -0.4 is 10.1 Å². The van der Waals surface area contributed by atoms with Crippen LogP contribution in [-0.4, -0.2) is 24.2 Å². The lowest BCUT2D eigenvalue weighted by molar-refractivity contribution is -0.116. The highest BCUT2D eigenvalue weighted by Gasteiger charge is 2.00. The SMILES string of the molecule is O=C(/C=C/c1ccc(OCc2ccccc2Cl)cc1)NCCO. The van der Waals surface area contributed by atoms with E-state index in [1.54, 1.807) is 6.08 Å². The smallest absolute Gasteiger partial charge is 0.244 e. The summed E-state index contributed by atoms with van der Waals surface area (Å²) in [6, 6.07) is 14.9. The number of aliphatic hydroxyl groups is 1. The zero-order valence-corrected chi connectivity index (χ0v) is 13.3. The number of ether oxygens (including phenoxy) is 1. The quantitative estimate of drug-likeness (QED) is 0.767. The number of amides is 1. The fourth-order valence-corrected chi connectivity index (χ4v) is 2.05. The predicted molar refractivity (Wildman–Crippen MR) is 91.4 cm³/mol. The molecule has 2 N–H and O–H groups in total. The first kappa shape index (κ1) is 17.1. The van der Waals surface area contributed by atoms with Gasteiger partial charge in [0.1, 0.15) is 12.4 Å². The third-order valence-corrected chi connectivity index (χ3v) is 3.44. The van der Waals surface area contributed by atoms with E-state index in [0.29, 0.717) is 11.6 Å². The Labute approximate surface area is 140 Å². The summed E-state index contributed by atoms with van der Waals surface area (Å²) in [4.78, 5) is 11.4. The standard InChI is InChI=1S/C18H18ClNO3/c19-17-4-2-1-3-15(17)13-23-16-8-5-14(6-9-16)7-10-18(22)20-11-12-21/h1-10,21H,11-13H2,(H,20,22)/b10-7+. The molecule has 0 fully saturated rings. The van der Waals surface area contributed by atoms with E-state index in [9.17, 15) is 4.79 Å². The number of rotatable bonds is 7. The molecule has 2 rings (SSSR count). The average molecular weight is 332 g/mol. The second-order valence-electron chi connectivity index (χ2n) is 4.80. The molecule has 0 radical (unpaired) electrons. The minimum absolute atomic E-state index is 0.0724. The molecule has 2 aromatic carbocycles. The summed E-state index contributed by atoms with van der Waals surface area (Å²) in [6.07, 6.45) is 3.12. The van der Waals surface area contributed by atoms with E-state index in [2.05, 4.69) is 5.32 Å². The van der Waals surface area contributed by atoms with Crippen LogP contribution in [0.15, 0.2) is 54.6 Å². The van der Waals surface area contributed by atoms with Crippen molar-refractivity contribution in [2.75, 3.05) is 13.2 Å². The van der Waals surface area contributed by atoms with Crippen molar-refractivity contribution < 1.29 is 14.6 Å². The maximum absolute atomic E-state index is 11.4. The number of hydrogen-bond donors (Lipinski definition) is 2. The second kappa shape index (κ2) is 8.98. The molecule has 4 nitrogen and oxygen atoms in total. The van der Waals surface area contributed by atoms with Crippen molar-refractivity contribution in [1.82, 2.24) is 5.32 Å². The Kier molecular flexibility index (Phi) is 6.66. The fraction of sp³-hybridized carbons (Fsp3) is 0.167. The van der Waals surface area contributed by atoms with Crippen molar-refractivity contribution in [3.8, 4) is 5.75 Å². The topological polar surface area (TPSA) is 58.6 Å². The minimum atomic E-state index is -0.238. The maximum Gasteiger partial charge on any atom is 0.244 e. The minimum Gasteiger partial charge on any atom is -0.489 e. The lowest BCUT2D eigenvalue weighted by Gasteiger charge is -2.07. The molecular weight excluding hydrogens is 314 g/mol. The van der Waals surface area contributed by atoms with Gasteiger partial charge in [0.15, 0.2) is 0 Å². The zero-order chi connectivity index (χ0) is 16.5. The molecule has 0 atom stereocenters. The molecule has 0 aliphatic rings. The molecule has 0 saturated heterocycles. The molecule has 2 aromatic rings. The van der Waals surface area contributed by atoms with E-state index < -0.39 is 0 Å². The van der Waals surface area contributed by atoms with Crippen LogP contribution in [0.3, 0.4) is 0 Å². The molecule has 0 saturated carbocycles. The number of carbonyl (C=O) groups excluding carboxylic acids is 1. The van der Waals surface area contributed by atoms with E-state index in [0.717, 1.165) is 16.9 Å². The van der Waals surface area contributed by atoms with Gasteiger partial charge < -0.3 is 15.2 Å². The lowest BCUT2D eigenvalue weighted by atomic mass is 10.2. The van der Waals surface area contributed by atoms with Crippen molar-refractivity contribution in [1.29, 1.82) is 0 Å². The van der Waals surface area contributed by atoms with Crippen LogP contribution in [0.25, 0.3) is 6.08 Å². The molecule has 0 aromatic heterocycles. The lowest BCUT2D eigenvalue weighted by Crippen LogP contribution is -2.24. The van der Waals surface area contributed by atoms with Gasteiger partial charge in [-0.2, -0.15) is 0 Å². The van der Waals surface area contributed by atoms with Crippen molar-refractivity contribution in [2.24, 2.45) is 0 Å². The average Bonchev–Trinajstić information content (AvgIpc) is 2.58. The van der Waals surface area contributed by atoms with Crippen LogP contribution in [0.2, 0.25) is 5.02 Å². The van der Waals surface area contributed by atoms with E-state index in [1.165, 1.54) is 6.08 Å². The number of benzene rings is 2. The van der Waals surface area contributed by atoms with Crippen LogP contribution >= 0.6 is 11.6 Å². The molecule has 0 aliphatic carbocycles. The molecule has 120 valence electrons. The van der Waals surface area contributed by atoms with E-state index in [1.807, 2.05) is 48.5 Å². The highest BCUT2D eigenvalue weighted by atomic mass is 35.5. The molecule has 0 heterocycles. The Morgan fingerprint density at radius 2 is 1.91 bits per heavy atom. The van der Waals surface area contributed by atoms with Crippen LogP contribution in [-0.2, 0) is 11.4 Å². The van der Waals surface area contributed by atoms with Gasteiger partial charge in [0.2, 0.25) is 5.91 Å². The summed E-state index contributed by atoms with van der Waals surface area (Å²) >= 11 is 6.08. The molecule has 0 spiro atoms. The van der Waals surface area contributed by atoms with Gasteiger partial charge in [-0.05, 0) is 29.8 Å². The third-order valence-electron chi connectivity index (χ3n) is 3.07. The monoisotopic (exact) mass is 331 g/mol. The molecule has 23 heavy (non-hydrogen) atoms. The molecule has 1 amide bonds. The Bertz CT molecular complexity index is 668. The van der Waals surface area contributed by atoms with Crippen LogP contribution in [0.5, 0.6) is 5.75 Å². The molecule has 0 bridgehead atoms. The van der Waals surface area contributed by atoms with Gasteiger partial charge >= 0.3 is 0 Å². The first-order valence-corrected chi connectivity index (χ1v) is 7.60. The highest BCUT2D eigenvalue weighted by molar-refractivity contribution is 6.31. The van der Waals surface area contributed by atoms with Crippen molar-refractivity contribution in [2.45, 2.75) is 6.61 Å². The number of aliphatic hydroxyl groups excluding tert-OH is 1. The number of hydrogen-bond acceptors (Lipinski definition) is 3. The van der Waals surface area contributed by atoms with Gasteiger partial charge in [0.05, 0.1) is 6.61 Å². The molecule has 0 unspecified atom stereocenters. The van der Waals surface area contributed by atoms with Crippen molar-refractivity contribution in [3.05, 3.63) is 70.8 Å². The van der Waals surface area contributed by atoms with Gasteiger partial charge in [-0.25, -0.2) is 0 Å². The summed E-state index contributed by atoms with van der Waals surface area (Å²) in [7, 11) is 0. The third kappa shape index (κ3) is 5.77. The molecule has 0 aliphatic heterocycles. The molecular formula is C18H18ClNO3. The summed E-state index contributed by atoms with van der Waals surface area (Å²) in [6.45, 7) is 0.577. The summed E-state index contributed by atoms with van der Waals surface area (Å²) in [5, 5.41) is 11.8. The summed E-state index contributed by atoms with van der Waals surface area (Å²) in [5.74, 6) is 0.491. The Morgan fingerprint density at radius 3 is 2.61 bits per heavy atom. The van der Waals surface area contributed by atoms with E-state index >= 15 is 0 Å². The second-order valence-corrected chi connectivity index (χ2v) is 5.20. The Morgan fingerprint density at radius 1 is 1.17 bits per heavy atom. The van der Waals surface area contributed by atoms with Crippen LogP contribution in [0.1, 0.15) is 11.1 Å². The Balaban J connectivity index is 1.88. The highest BCUT2D eigenvalue weighted by Crippen LogP contribution is 2.19. The summed E-state index contributed by atoms with van der Waals surface area (Å²) < 4.78 is 5.69. The van der Waals surface area contributed by atoms with Crippen LogP contribution in [0.4, 0.5) is 0 Å². The van der Waals surface area contributed by atoms with Gasteiger partial charge in [0.25, 0.3) is 0 Å². The Hall–Kier alpha value is -2.30. The number of nitrogens with one attached hydrogen (secondary N) is 1.